The average Bonchev–Trinajstić information content (AvgIpc) is 2.40. The molecule has 1 saturated heterocycles. The molecule has 17 heavy (non-hydrogen) atoms. The topological polar surface area (TPSA) is 57.3 Å². The van der Waals surface area contributed by atoms with Gasteiger partial charge in [-0.15, -0.1) is 0 Å². The van der Waals surface area contributed by atoms with Crippen molar-refractivity contribution in [2.45, 2.75) is 6.92 Å². The molecule has 0 aliphatic carbocycles. The summed E-state index contributed by atoms with van der Waals surface area (Å²) in [5.74, 6) is 0.745. The maximum atomic E-state index is 11.9. The second-order valence-corrected chi connectivity index (χ2v) is 3.97. The average molecular weight is 234 g/mol. The Morgan fingerprint density at radius 2 is 2.29 bits per heavy atom. The number of rotatable bonds is 3. The van der Waals surface area contributed by atoms with E-state index in [2.05, 4.69) is 20.5 Å². The van der Waals surface area contributed by atoms with E-state index in [9.17, 15) is 4.79 Å². The van der Waals surface area contributed by atoms with Gasteiger partial charge in [0.05, 0.1) is 5.56 Å². The summed E-state index contributed by atoms with van der Waals surface area (Å²) < 4.78 is 0. The summed E-state index contributed by atoms with van der Waals surface area (Å²) in [6.07, 6.45) is 1.74. The van der Waals surface area contributed by atoms with Crippen molar-refractivity contribution in [3.63, 3.8) is 0 Å². The van der Waals surface area contributed by atoms with E-state index in [4.69, 9.17) is 0 Å². The van der Waals surface area contributed by atoms with E-state index in [1.165, 1.54) is 0 Å². The lowest BCUT2D eigenvalue weighted by Gasteiger charge is -2.29. The number of aromatic nitrogens is 1. The van der Waals surface area contributed by atoms with Crippen molar-refractivity contribution in [2.75, 3.05) is 37.6 Å². The molecule has 1 aliphatic heterocycles. The molecule has 0 atom stereocenters. The lowest BCUT2D eigenvalue weighted by Crippen LogP contribution is -2.44. The minimum absolute atomic E-state index is 0.0471. The first-order valence-corrected chi connectivity index (χ1v) is 6.02. The monoisotopic (exact) mass is 234 g/mol. The van der Waals surface area contributed by atoms with E-state index in [0.29, 0.717) is 12.1 Å². The van der Waals surface area contributed by atoms with Crippen molar-refractivity contribution in [1.82, 2.24) is 15.6 Å². The third-order valence-corrected chi connectivity index (χ3v) is 2.79. The Morgan fingerprint density at radius 1 is 1.53 bits per heavy atom. The zero-order valence-corrected chi connectivity index (χ0v) is 10.1. The highest BCUT2D eigenvalue weighted by Crippen LogP contribution is 2.17. The molecular weight excluding hydrogens is 216 g/mol. The minimum Gasteiger partial charge on any atom is -0.353 e. The number of carbonyl (C=O) groups excluding carboxylic acids is 1. The molecule has 1 aromatic heterocycles. The van der Waals surface area contributed by atoms with Crippen molar-refractivity contribution in [2.24, 2.45) is 0 Å². The Bertz CT molecular complexity index is 388. The largest absolute Gasteiger partial charge is 0.353 e. The first-order chi connectivity index (χ1) is 8.33. The fourth-order valence-corrected chi connectivity index (χ4v) is 1.96. The van der Waals surface area contributed by atoms with Crippen LogP contribution >= 0.6 is 0 Å². The van der Waals surface area contributed by atoms with Crippen molar-refractivity contribution in [1.29, 1.82) is 0 Å². The smallest absolute Gasteiger partial charge is 0.255 e. The zero-order chi connectivity index (χ0) is 12.1. The van der Waals surface area contributed by atoms with Crippen LogP contribution in [0.1, 0.15) is 17.3 Å². The molecule has 0 unspecified atom stereocenters. The lowest BCUT2D eigenvalue weighted by atomic mass is 10.2. The molecule has 0 saturated carbocycles. The number of amides is 1. The number of hydrogen-bond acceptors (Lipinski definition) is 4. The number of carbonyl (C=O) groups is 1. The molecule has 1 amide bonds. The molecule has 0 spiro atoms. The fraction of sp³-hybridized carbons (Fsp3) is 0.500. The number of nitrogens with zero attached hydrogens (tertiary/aromatic N) is 2. The molecule has 5 heteroatoms. The lowest BCUT2D eigenvalue weighted by molar-refractivity contribution is 0.0956. The number of pyridine rings is 1. The standard InChI is InChI=1S/C12H18N4O/c1-2-14-12(17)10-4-3-5-15-11(10)16-8-6-13-7-9-16/h3-5,13H,2,6-9H2,1H3,(H,14,17). The summed E-state index contributed by atoms with van der Waals surface area (Å²) in [6.45, 7) is 6.21. The second-order valence-electron chi connectivity index (χ2n) is 3.97. The predicted molar refractivity (Wildman–Crippen MR) is 67.3 cm³/mol. The second kappa shape index (κ2) is 5.63. The van der Waals surface area contributed by atoms with E-state index in [-0.39, 0.29) is 5.91 Å². The van der Waals surface area contributed by atoms with Crippen LogP contribution < -0.4 is 15.5 Å². The van der Waals surface area contributed by atoms with E-state index < -0.39 is 0 Å². The quantitative estimate of drug-likeness (QED) is 0.786. The van der Waals surface area contributed by atoms with Crippen molar-refractivity contribution >= 4 is 11.7 Å². The number of piperazine rings is 1. The van der Waals surface area contributed by atoms with Crippen LogP contribution in [0.3, 0.4) is 0 Å². The summed E-state index contributed by atoms with van der Waals surface area (Å²) in [5.41, 5.74) is 0.663. The van der Waals surface area contributed by atoms with Crippen LogP contribution in [0.5, 0.6) is 0 Å². The number of anilines is 1. The Hall–Kier alpha value is -1.62. The van der Waals surface area contributed by atoms with Gasteiger partial charge in [-0.1, -0.05) is 0 Å². The van der Waals surface area contributed by atoms with Crippen LogP contribution in [-0.4, -0.2) is 43.6 Å². The SMILES string of the molecule is CCNC(=O)c1cccnc1N1CCNCC1. The van der Waals surface area contributed by atoms with Gasteiger partial charge in [0, 0.05) is 38.9 Å². The summed E-state index contributed by atoms with van der Waals surface area (Å²) in [7, 11) is 0. The molecule has 1 aromatic rings. The van der Waals surface area contributed by atoms with Crippen LogP contribution in [0, 0.1) is 0 Å². The summed E-state index contributed by atoms with van der Waals surface area (Å²) in [4.78, 5) is 18.4. The van der Waals surface area contributed by atoms with Gasteiger partial charge >= 0.3 is 0 Å². The molecule has 92 valence electrons. The third kappa shape index (κ3) is 2.74. The van der Waals surface area contributed by atoms with Gasteiger partial charge in [0.1, 0.15) is 5.82 Å². The van der Waals surface area contributed by atoms with E-state index in [1.807, 2.05) is 13.0 Å². The molecule has 0 aromatic carbocycles. The van der Waals surface area contributed by atoms with Crippen molar-refractivity contribution in [3.8, 4) is 0 Å². The van der Waals surface area contributed by atoms with Crippen LogP contribution in [0.2, 0.25) is 0 Å². The van der Waals surface area contributed by atoms with E-state index >= 15 is 0 Å². The van der Waals surface area contributed by atoms with Gasteiger partial charge in [-0.3, -0.25) is 4.79 Å². The highest BCUT2D eigenvalue weighted by atomic mass is 16.1. The van der Waals surface area contributed by atoms with Gasteiger partial charge in [-0.25, -0.2) is 4.98 Å². The maximum Gasteiger partial charge on any atom is 0.255 e. The molecule has 1 fully saturated rings. The molecule has 2 N–H and O–H groups in total. The van der Waals surface area contributed by atoms with Gasteiger partial charge in [-0.05, 0) is 19.1 Å². The normalized spacial score (nSPS) is 15.7. The predicted octanol–water partition coefficient (Wildman–Crippen LogP) is 0.241. The summed E-state index contributed by atoms with van der Waals surface area (Å²) in [6, 6.07) is 3.63. The van der Waals surface area contributed by atoms with Gasteiger partial charge in [0.2, 0.25) is 0 Å². The Morgan fingerprint density at radius 3 is 3.00 bits per heavy atom. The van der Waals surface area contributed by atoms with Crippen LogP contribution in [-0.2, 0) is 0 Å². The summed E-state index contributed by atoms with van der Waals surface area (Å²) in [5, 5.41) is 6.11. The molecule has 1 aliphatic rings. The maximum absolute atomic E-state index is 11.9. The van der Waals surface area contributed by atoms with Crippen molar-refractivity contribution in [3.05, 3.63) is 23.9 Å². The Labute approximate surface area is 101 Å². The third-order valence-electron chi connectivity index (χ3n) is 2.79. The van der Waals surface area contributed by atoms with Crippen molar-refractivity contribution < 1.29 is 4.79 Å². The molecule has 2 rings (SSSR count). The van der Waals surface area contributed by atoms with Gasteiger partial charge < -0.3 is 15.5 Å². The molecular formula is C12H18N4O. The Balaban J connectivity index is 2.23. The van der Waals surface area contributed by atoms with Gasteiger partial charge in [0.25, 0.3) is 5.91 Å². The van der Waals surface area contributed by atoms with Crippen LogP contribution in [0.4, 0.5) is 5.82 Å². The zero-order valence-electron chi connectivity index (χ0n) is 10.1. The molecule has 2 heterocycles. The highest BCUT2D eigenvalue weighted by Gasteiger charge is 2.18. The first kappa shape index (κ1) is 11.9. The molecule has 0 bridgehead atoms. The van der Waals surface area contributed by atoms with Crippen LogP contribution in [0.25, 0.3) is 0 Å². The van der Waals surface area contributed by atoms with E-state index in [1.54, 1.807) is 12.3 Å². The van der Waals surface area contributed by atoms with Crippen LogP contribution in [0.15, 0.2) is 18.3 Å². The Kier molecular flexibility index (Phi) is 3.93. The van der Waals surface area contributed by atoms with Gasteiger partial charge in [-0.2, -0.15) is 0 Å². The first-order valence-electron chi connectivity index (χ1n) is 6.02. The van der Waals surface area contributed by atoms with Gasteiger partial charge in [0.15, 0.2) is 0 Å². The van der Waals surface area contributed by atoms with E-state index in [0.717, 1.165) is 32.0 Å². The minimum atomic E-state index is -0.0471. The number of nitrogens with one attached hydrogen (secondary N) is 2. The fourth-order valence-electron chi connectivity index (χ4n) is 1.96. The highest BCUT2D eigenvalue weighted by molar-refractivity contribution is 5.98. The molecule has 5 nitrogen and oxygen atoms in total. The molecule has 0 radical (unpaired) electrons. The number of hydrogen-bond donors (Lipinski definition) is 2. The summed E-state index contributed by atoms with van der Waals surface area (Å²) >= 11 is 0.